The zero-order valence-corrected chi connectivity index (χ0v) is 8.80. The molecule has 1 aliphatic heterocycles. The van der Waals surface area contributed by atoms with Crippen LogP contribution in [0.2, 0.25) is 0 Å². The minimum atomic E-state index is -0.893. The van der Waals surface area contributed by atoms with Crippen LogP contribution in [0.5, 0.6) is 5.75 Å². The van der Waals surface area contributed by atoms with Crippen molar-refractivity contribution in [3.05, 3.63) is 30.0 Å². The summed E-state index contributed by atoms with van der Waals surface area (Å²) < 4.78 is 7.43. The van der Waals surface area contributed by atoms with E-state index in [2.05, 4.69) is 0 Å². The van der Waals surface area contributed by atoms with Gasteiger partial charge in [0.1, 0.15) is 18.1 Å². The molecule has 0 amide bonds. The fraction of sp³-hybridized carbons (Fsp3) is 0.250. The van der Waals surface area contributed by atoms with Crippen molar-refractivity contribution in [2.24, 2.45) is 0 Å². The van der Waals surface area contributed by atoms with Crippen molar-refractivity contribution in [2.75, 3.05) is 6.61 Å². The van der Waals surface area contributed by atoms with Crippen molar-refractivity contribution in [3.8, 4) is 5.75 Å². The quantitative estimate of drug-likeness (QED) is 0.797. The van der Waals surface area contributed by atoms with Gasteiger partial charge < -0.3 is 14.4 Å². The summed E-state index contributed by atoms with van der Waals surface area (Å²) in [6.45, 7) is 2.48. The van der Waals surface area contributed by atoms with Crippen LogP contribution in [-0.4, -0.2) is 22.2 Å². The first-order valence-corrected chi connectivity index (χ1v) is 5.18. The van der Waals surface area contributed by atoms with Crippen LogP contribution in [0, 0.1) is 0 Å². The molecule has 0 aliphatic carbocycles. The number of para-hydroxylation sites is 1. The average molecular weight is 217 g/mol. The molecule has 1 aromatic carbocycles. The highest BCUT2D eigenvalue weighted by atomic mass is 16.5. The number of carboxylic acids is 1. The summed E-state index contributed by atoms with van der Waals surface area (Å²) in [7, 11) is 0. The maximum atomic E-state index is 11.2. The SMILES string of the molecule is C[C@H]1COc2cccc3cc(C(=O)O)n1c23. The number of benzene rings is 1. The number of ether oxygens (including phenoxy) is 1. The van der Waals surface area contributed by atoms with Crippen molar-refractivity contribution in [2.45, 2.75) is 13.0 Å². The van der Waals surface area contributed by atoms with Gasteiger partial charge in [-0.25, -0.2) is 4.79 Å². The molecule has 82 valence electrons. The minimum absolute atomic E-state index is 0.0542. The average Bonchev–Trinajstić information content (AvgIpc) is 2.65. The normalized spacial score (nSPS) is 18.4. The molecule has 0 spiro atoms. The largest absolute Gasteiger partial charge is 0.489 e. The molecule has 2 aromatic rings. The topological polar surface area (TPSA) is 51.5 Å². The Kier molecular flexibility index (Phi) is 1.74. The lowest BCUT2D eigenvalue weighted by molar-refractivity contribution is 0.0680. The molecule has 0 bridgehead atoms. The molecule has 1 atom stereocenters. The third kappa shape index (κ3) is 1.07. The molecule has 0 radical (unpaired) electrons. The Labute approximate surface area is 92.1 Å². The van der Waals surface area contributed by atoms with Crippen LogP contribution in [0.15, 0.2) is 24.3 Å². The van der Waals surface area contributed by atoms with E-state index in [0.29, 0.717) is 12.3 Å². The van der Waals surface area contributed by atoms with Crippen molar-refractivity contribution < 1.29 is 14.6 Å². The summed E-state index contributed by atoms with van der Waals surface area (Å²) in [5, 5.41) is 10.1. The predicted octanol–water partition coefficient (Wildman–Crippen LogP) is 2.29. The second-order valence-electron chi connectivity index (χ2n) is 4.06. The molecule has 1 aromatic heterocycles. The van der Waals surface area contributed by atoms with E-state index in [-0.39, 0.29) is 6.04 Å². The number of aromatic nitrogens is 1. The second kappa shape index (κ2) is 3.01. The highest BCUT2D eigenvalue weighted by molar-refractivity contribution is 5.97. The molecule has 0 saturated carbocycles. The Morgan fingerprint density at radius 1 is 1.56 bits per heavy atom. The standard InChI is InChI=1S/C12H11NO3/c1-7-6-16-10-4-2-3-8-5-9(12(14)15)13(7)11(8)10/h2-5,7H,6H2,1H3,(H,14,15)/t7-/m0/s1. The first-order chi connectivity index (χ1) is 7.68. The van der Waals surface area contributed by atoms with Crippen LogP contribution in [0.3, 0.4) is 0 Å². The van der Waals surface area contributed by atoms with Crippen molar-refractivity contribution in [3.63, 3.8) is 0 Å². The van der Waals surface area contributed by atoms with E-state index in [9.17, 15) is 4.79 Å². The molecule has 0 fully saturated rings. The van der Waals surface area contributed by atoms with Crippen LogP contribution >= 0.6 is 0 Å². The van der Waals surface area contributed by atoms with Crippen LogP contribution < -0.4 is 4.74 Å². The molecule has 0 unspecified atom stereocenters. The maximum absolute atomic E-state index is 11.2. The van der Waals surface area contributed by atoms with Gasteiger partial charge in [0.05, 0.1) is 11.6 Å². The molecule has 16 heavy (non-hydrogen) atoms. The van der Waals surface area contributed by atoms with E-state index in [1.807, 2.05) is 29.7 Å². The van der Waals surface area contributed by atoms with E-state index >= 15 is 0 Å². The van der Waals surface area contributed by atoms with Crippen LogP contribution in [0.4, 0.5) is 0 Å². The minimum Gasteiger partial charge on any atom is -0.489 e. The van der Waals surface area contributed by atoms with Crippen LogP contribution in [-0.2, 0) is 0 Å². The van der Waals surface area contributed by atoms with Gasteiger partial charge in [-0.2, -0.15) is 0 Å². The molecular weight excluding hydrogens is 206 g/mol. The third-order valence-electron chi connectivity index (χ3n) is 2.96. The fourth-order valence-corrected chi connectivity index (χ4v) is 2.27. The van der Waals surface area contributed by atoms with E-state index in [1.54, 1.807) is 6.07 Å². The van der Waals surface area contributed by atoms with Gasteiger partial charge in [0.15, 0.2) is 0 Å². The number of hydrogen-bond acceptors (Lipinski definition) is 2. The summed E-state index contributed by atoms with van der Waals surface area (Å²) in [5.41, 5.74) is 1.22. The van der Waals surface area contributed by atoms with Gasteiger partial charge in [-0.1, -0.05) is 12.1 Å². The summed E-state index contributed by atoms with van der Waals surface area (Å²) in [6.07, 6.45) is 0. The zero-order chi connectivity index (χ0) is 11.3. The smallest absolute Gasteiger partial charge is 0.352 e. The predicted molar refractivity (Wildman–Crippen MR) is 59.1 cm³/mol. The van der Waals surface area contributed by atoms with Gasteiger partial charge in [-0.3, -0.25) is 0 Å². The van der Waals surface area contributed by atoms with Crippen molar-refractivity contribution >= 4 is 16.9 Å². The van der Waals surface area contributed by atoms with Crippen LogP contribution in [0.1, 0.15) is 23.5 Å². The molecule has 1 aliphatic rings. The highest BCUT2D eigenvalue weighted by Gasteiger charge is 2.24. The Morgan fingerprint density at radius 3 is 3.12 bits per heavy atom. The second-order valence-corrected chi connectivity index (χ2v) is 4.06. The lowest BCUT2D eigenvalue weighted by Crippen LogP contribution is -2.22. The molecule has 4 heteroatoms. The van der Waals surface area contributed by atoms with Gasteiger partial charge >= 0.3 is 5.97 Å². The zero-order valence-electron chi connectivity index (χ0n) is 8.80. The maximum Gasteiger partial charge on any atom is 0.352 e. The fourth-order valence-electron chi connectivity index (χ4n) is 2.27. The Morgan fingerprint density at radius 2 is 2.38 bits per heavy atom. The first kappa shape index (κ1) is 9.27. The molecule has 0 saturated heterocycles. The Balaban J connectivity index is 2.44. The molecule has 3 rings (SSSR count). The number of aromatic carboxylic acids is 1. The Hall–Kier alpha value is -1.97. The van der Waals surface area contributed by atoms with Crippen molar-refractivity contribution in [1.29, 1.82) is 0 Å². The number of carboxylic acid groups (broad SMARTS) is 1. The molecule has 1 N–H and O–H groups in total. The highest BCUT2D eigenvalue weighted by Crippen LogP contribution is 2.35. The van der Waals surface area contributed by atoms with Gasteiger partial charge in [-0.05, 0) is 19.1 Å². The number of carbonyl (C=O) groups is 1. The summed E-state index contributed by atoms with van der Waals surface area (Å²) >= 11 is 0. The summed E-state index contributed by atoms with van der Waals surface area (Å²) in [6, 6.07) is 7.41. The number of rotatable bonds is 1. The monoisotopic (exact) mass is 217 g/mol. The molecule has 4 nitrogen and oxygen atoms in total. The van der Waals surface area contributed by atoms with E-state index in [1.165, 1.54) is 0 Å². The summed E-state index contributed by atoms with van der Waals surface area (Å²) in [4.78, 5) is 11.2. The van der Waals surface area contributed by atoms with Crippen LogP contribution in [0.25, 0.3) is 10.9 Å². The number of hydrogen-bond donors (Lipinski definition) is 1. The van der Waals surface area contributed by atoms with E-state index in [0.717, 1.165) is 16.7 Å². The third-order valence-corrected chi connectivity index (χ3v) is 2.96. The Bertz CT molecular complexity index is 585. The van der Waals surface area contributed by atoms with E-state index < -0.39 is 5.97 Å². The van der Waals surface area contributed by atoms with Gasteiger partial charge in [-0.15, -0.1) is 0 Å². The van der Waals surface area contributed by atoms with E-state index in [4.69, 9.17) is 9.84 Å². The molecular formula is C12H11NO3. The molecule has 2 heterocycles. The summed E-state index contributed by atoms with van der Waals surface area (Å²) in [5.74, 6) is -0.126. The van der Waals surface area contributed by atoms with Gasteiger partial charge in [0.2, 0.25) is 0 Å². The van der Waals surface area contributed by atoms with Gasteiger partial charge in [0.25, 0.3) is 0 Å². The van der Waals surface area contributed by atoms with Crippen molar-refractivity contribution in [1.82, 2.24) is 4.57 Å². The lowest BCUT2D eigenvalue weighted by atomic mass is 10.2. The lowest BCUT2D eigenvalue weighted by Gasteiger charge is -2.24. The first-order valence-electron chi connectivity index (χ1n) is 5.18. The van der Waals surface area contributed by atoms with Gasteiger partial charge in [0, 0.05) is 5.39 Å². The number of nitrogens with zero attached hydrogens (tertiary/aromatic N) is 1.